The van der Waals surface area contributed by atoms with E-state index in [1.54, 1.807) is 6.92 Å². The third-order valence-electron chi connectivity index (χ3n) is 5.43. The van der Waals surface area contributed by atoms with Gasteiger partial charge in [0.2, 0.25) is 0 Å². The van der Waals surface area contributed by atoms with Gasteiger partial charge >= 0.3 is 6.03 Å². The molecule has 1 aromatic heterocycles. The molecule has 0 bridgehead atoms. The lowest BCUT2D eigenvalue weighted by molar-refractivity contribution is 0.114. The molecule has 2 heterocycles. The zero-order valence-electron chi connectivity index (χ0n) is 17.4. The van der Waals surface area contributed by atoms with Crippen LogP contribution >= 0.6 is 0 Å². The lowest BCUT2D eigenvalue weighted by Gasteiger charge is -2.33. The number of para-hydroxylation sites is 1. The number of aryl methyl sites for hydroxylation is 1. The first-order chi connectivity index (χ1) is 15.7. The molecule has 0 atom stereocenters. The van der Waals surface area contributed by atoms with E-state index < -0.39 is 47.9 Å². The Kier molecular flexibility index (Phi) is 5.78. The van der Waals surface area contributed by atoms with Gasteiger partial charge in [-0.25, -0.2) is 32.8 Å². The van der Waals surface area contributed by atoms with Gasteiger partial charge in [0, 0.05) is 11.1 Å². The maximum absolute atomic E-state index is 14.6. The fourth-order valence-corrected chi connectivity index (χ4v) is 3.60. The molecule has 0 saturated carbocycles. The highest BCUT2D eigenvalue weighted by Crippen LogP contribution is 2.39. The number of amides is 2. The highest BCUT2D eigenvalue weighted by molar-refractivity contribution is 6.02. The Bertz CT molecular complexity index is 1230. The molecule has 3 aromatic rings. The van der Waals surface area contributed by atoms with Gasteiger partial charge in [-0.2, -0.15) is 0 Å². The standard InChI is InChI=1S/C22H20F3N5O3/c1-11-7-12(23)5-6-13(11)17-14-8-27-21(33)30(18-15(24)3-2-4-16(18)25)19(14)29-20(28-17)22(26,9-31)10-32/h2-7,31-32H,8-10,26H2,1H3,(H,27,33). The molecule has 1 aliphatic heterocycles. The largest absolute Gasteiger partial charge is 0.394 e. The molecule has 2 aromatic carbocycles. The second-order valence-electron chi connectivity index (χ2n) is 7.69. The smallest absolute Gasteiger partial charge is 0.328 e. The van der Waals surface area contributed by atoms with Crippen molar-refractivity contribution in [1.82, 2.24) is 15.3 Å². The Morgan fingerprint density at radius 2 is 1.79 bits per heavy atom. The average Bonchev–Trinajstić information content (AvgIpc) is 2.79. The highest BCUT2D eigenvalue weighted by atomic mass is 19.1. The van der Waals surface area contributed by atoms with Crippen molar-refractivity contribution in [3.8, 4) is 11.3 Å². The molecular weight excluding hydrogens is 439 g/mol. The summed E-state index contributed by atoms with van der Waals surface area (Å²) >= 11 is 0. The lowest BCUT2D eigenvalue weighted by atomic mass is 9.97. The molecule has 8 nitrogen and oxygen atoms in total. The number of aliphatic hydroxyl groups is 2. The molecule has 172 valence electrons. The van der Waals surface area contributed by atoms with E-state index in [1.807, 2.05) is 0 Å². The Balaban J connectivity index is 2.07. The van der Waals surface area contributed by atoms with Gasteiger partial charge in [-0.05, 0) is 42.8 Å². The Labute approximate surface area is 186 Å². The number of anilines is 2. The van der Waals surface area contributed by atoms with Crippen LogP contribution in [-0.4, -0.2) is 39.4 Å². The first-order valence-electron chi connectivity index (χ1n) is 9.90. The molecule has 0 unspecified atom stereocenters. The number of hydrogen-bond acceptors (Lipinski definition) is 6. The predicted octanol–water partition coefficient (Wildman–Crippen LogP) is 2.37. The van der Waals surface area contributed by atoms with Crippen molar-refractivity contribution in [2.75, 3.05) is 18.1 Å². The molecule has 2 amide bonds. The first kappa shape index (κ1) is 22.6. The van der Waals surface area contributed by atoms with Crippen LogP contribution in [0, 0.1) is 24.4 Å². The van der Waals surface area contributed by atoms with E-state index in [4.69, 9.17) is 5.73 Å². The molecule has 33 heavy (non-hydrogen) atoms. The minimum Gasteiger partial charge on any atom is -0.394 e. The number of halogens is 3. The molecule has 0 fully saturated rings. The van der Waals surface area contributed by atoms with Crippen molar-refractivity contribution in [1.29, 1.82) is 0 Å². The maximum atomic E-state index is 14.6. The van der Waals surface area contributed by atoms with Gasteiger partial charge < -0.3 is 21.3 Å². The van der Waals surface area contributed by atoms with E-state index in [9.17, 15) is 28.2 Å². The monoisotopic (exact) mass is 459 g/mol. The van der Waals surface area contributed by atoms with E-state index in [0.29, 0.717) is 16.0 Å². The van der Waals surface area contributed by atoms with Crippen LogP contribution in [0.5, 0.6) is 0 Å². The topological polar surface area (TPSA) is 125 Å². The molecular formula is C22H20F3N5O3. The van der Waals surface area contributed by atoms with E-state index >= 15 is 0 Å². The van der Waals surface area contributed by atoms with Crippen molar-refractivity contribution in [2.24, 2.45) is 5.73 Å². The van der Waals surface area contributed by atoms with Crippen LogP contribution in [0.1, 0.15) is 17.0 Å². The minimum absolute atomic E-state index is 0.0943. The lowest BCUT2D eigenvalue weighted by Crippen LogP contribution is -2.48. The van der Waals surface area contributed by atoms with Crippen LogP contribution in [0.4, 0.5) is 29.5 Å². The summed E-state index contributed by atoms with van der Waals surface area (Å²) in [5, 5.41) is 22.1. The first-order valence-corrected chi connectivity index (χ1v) is 9.90. The summed E-state index contributed by atoms with van der Waals surface area (Å²) in [4.78, 5) is 22.1. The number of nitrogens with zero attached hydrogens (tertiary/aromatic N) is 3. The van der Waals surface area contributed by atoms with E-state index in [0.717, 1.165) is 18.2 Å². The predicted molar refractivity (Wildman–Crippen MR) is 113 cm³/mol. The summed E-state index contributed by atoms with van der Waals surface area (Å²) in [5.74, 6) is -2.95. The van der Waals surface area contributed by atoms with Gasteiger partial charge in [0.15, 0.2) is 11.6 Å². The number of nitrogens with two attached hydrogens (primary N) is 1. The summed E-state index contributed by atoms with van der Waals surface area (Å²) in [7, 11) is 0. The summed E-state index contributed by atoms with van der Waals surface area (Å²) in [6.07, 6.45) is 0. The number of nitrogens with one attached hydrogen (secondary N) is 1. The van der Waals surface area contributed by atoms with Gasteiger partial charge in [0.05, 0.1) is 25.5 Å². The fourth-order valence-electron chi connectivity index (χ4n) is 3.60. The maximum Gasteiger partial charge on any atom is 0.328 e. The van der Waals surface area contributed by atoms with Crippen molar-refractivity contribution >= 4 is 17.5 Å². The summed E-state index contributed by atoms with van der Waals surface area (Å²) in [6, 6.07) is 6.21. The molecule has 0 spiro atoms. The third-order valence-corrected chi connectivity index (χ3v) is 5.43. The van der Waals surface area contributed by atoms with E-state index in [-0.39, 0.29) is 29.4 Å². The van der Waals surface area contributed by atoms with Crippen LogP contribution in [-0.2, 0) is 12.1 Å². The summed E-state index contributed by atoms with van der Waals surface area (Å²) < 4.78 is 43.0. The van der Waals surface area contributed by atoms with Crippen LogP contribution in [0.3, 0.4) is 0 Å². The number of aromatic nitrogens is 2. The number of urea groups is 1. The Hall–Kier alpha value is -3.54. The van der Waals surface area contributed by atoms with Gasteiger partial charge in [0.25, 0.3) is 0 Å². The van der Waals surface area contributed by atoms with Crippen LogP contribution < -0.4 is 16.0 Å². The number of fused-ring (bicyclic) bond motifs is 1. The number of carbonyl (C=O) groups excluding carboxylic acids is 1. The minimum atomic E-state index is -1.83. The normalized spacial score (nSPS) is 13.7. The average molecular weight is 459 g/mol. The second kappa shape index (κ2) is 8.43. The quantitative estimate of drug-likeness (QED) is 0.464. The summed E-state index contributed by atoms with van der Waals surface area (Å²) in [6.45, 7) is 0.0217. The second-order valence-corrected chi connectivity index (χ2v) is 7.69. The highest BCUT2D eigenvalue weighted by Gasteiger charge is 2.37. The van der Waals surface area contributed by atoms with Crippen molar-refractivity contribution in [2.45, 2.75) is 19.0 Å². The Morgan fingerprint density at radius 1 is 1.12 bits per heavy atom. The molecule has 0 saturated heterocycles. The van der Waals surface area contributed by atoms with E-state index in [1.165, 1.54) is 18.2 Å². The Morgan fingerprint density at radius 3 is 2.39 bits per heavy atom. The van der Waals surface area contributed by atoms with Crippen molar-refractivity contribution < 1.29 is 28.2 Å². The molecule has 4 rings (SSSR count). The molecule has 0 aliphatic carbocycles. The zero-order valence-corrected chi connectivity index (χ0v) is 17.4. The third kappa shape index (κ3) is 3.80. The molecule has 11 heteroatoms. The van der Waals surface area contributed by atoms with E-state index in [2.05, 4.69) is 15.3 Å². The van der Waals surface area contributed by atoms with Crippen LogP contribution in [0.2, 0.25) is 0 Å². The molecule has 0 radical (unpaired) electrons. The van der Waals surface area contributed by atoms with Gasteiger partial charge in [-0.3, -0.25) is 0 Å². The zero-order chi connectivity index (χ0) is 23.9. The van der Waals surface area contributed by atoms with Crippen molar-refractivity contribution in [3.05, 3.63) is 70.8 Å². The number of rotatable bonds is 5. The SMILES string of the molecule is Cc1cc(F)ccc1-c1nc(C(N)(CO)CO)nc2c1CNC(=O)N2c1c(F)cccc1F. The molecule has 5 N–H and O–H groups in total. The van der Waals surface area contributed by atoms with Gasteiger partial charge in [-0.1, -0.05) is 6.07 Å². The van der Waals surface area contributed by atoms with Crippen molar-refractivity contribution in [3.63, 3.8) is 0 Å². The van der Waals surface area contributed by atoms with Gasteiger partial charge in [0.1, 0.15) is 28.7 Å². The summed E-state index contributed by atoms with van der Waals surface area (Å²) in [5.41, 5.74) is 5.00. The molecule has 1 aliphatic rings. The number of carbonyl (C=O) groups is 1. The van der Waals surface area contributed by atoms with Gasteiger partial charge in [-0.15, -0.1) is 0 Å². The van der Waals surface area contributed by atoms with Crippen LogP contribution in [0.25, 0.3) is 11.3 Å². The number of benzene rings is 2. The number of aliphatic hydroxyl groups excluding tert-OH is 2. The fraction of sp³-hybridized carbons (Fsp3) is 0.227. The van der Waals surface area contributed by atoms with Crippen LogP contribution in [0.15, 0.2) is 36.4 Å². The number of hydrogen-bond donors (Lipinski definition) is 4.